The second kappa shape index (κ2) is 1.91. The molecule has 2 saturated heterocycles. The van der Waals surface area contributed by atoms with Crippen molar-refractivity contribution >= 4 is 0 Å². The lowest BCUT2D eigenvalue weighted by Gasteiger charge is -2.29. The molecule has 0 amide bonds. The lowest BCUT2D eigenvalue weighted by atomic mass is 10.0. The molecule has 2 fully saturated rings. The van der Waals surface area contributed by atoms with Crippen molar-refractivity contribution in [3.05, 3.63) is 12.4 Å². The minimum Gasteiger partial charge on any atom is -0.368 e. The molecule has 0 aromatic rings. The Bertz CT molecular complexity index is 165. The molecule has 2 aliphatic rings. The Balaban J connectivity index is 2.17. The molecule has 2 atom stereocenters. The van der Waals surface area contributed by atoms with Gasteiger partial charge in [-0.2, -0.15) is 0 Å². The van der Waals surface area contributed by atoms with Crippen molar-refractivity contribution in [2.75, 3.05) is 6.54 Å². The van der Waals surface area contributed by atoms with E-state index in [1.807, 2.05) is 0 Å². The summed E-state index contributed by atoms with van der Waals surface area (Å²) in [6.07, 6.45) is 2.63. The maximum atomic E-state index is 3.96. The first-order valence-electron chi connectivity index (χ1n) is 3.99. The van der Waals surface area contributed by atoms with E-state index >= 15 is 0 Å². The lowest BCUT2D eigenvalue weighted by molar-refractivity contribution is 0.242. The van der Waals surface area contributed by atoms with Crippen LogP contribution in [0.15, 0.2) is 12.4 Å². The van der Waals surface area contributed by atoms with E-state index in [0.29, 0.717) is 12.1 Å². The Morgan fingerprint density at radius 3 is 3.10 bits per heavy atom. The van der Waals surface area contributed by atoms with E-state index in [1.54, 1.807) is 0 Å². The number of rotatable bonds is 0. The molecule has 2 heteroatoms. The van der Waals surface area contributed by atoms with Crippen LogP contribution < -0.4 is 5.32 Å². The number of piperidine rings is 1. The van der Waals surface area contributed by atoms with Gasteiger partial charge in [0.2, 0.25) is 0 Å². The minimum absolute atomic E-state index is 0.698. The average Bonchev–Trinajstić information content (AvgIpc) is 2.21. The Kier molecular flexibility index (Phi) is 1.16. The van der Waals surface area contributed by atoms with Crippen LogP contribution in [0.25, 0.3) is 0 Å². The molecule has 2 bridgehead atoms. The van der Waals surface area contributed by atoms with E-state index in [4.69, 9.17) is 0 Å². The van der Waals surface area contributed by atoms with Crippen LogP contribution in [-0.2, 0) is 0 Å². The van der Waals surface area contributed by atoms with Crippen LogP contribution >= 0.6 is 0 Å². The Hall–Kier alpha value is -0.660. The molecule has 0 radical (unpaired) electrons. The molecule has 2 rings (SSSR count). The Morgan fingerprint density at radius 1 is 1.60 bits per heavy atom. The molecule has 0 aliphatic carbocycles. The fourth-order valence-electron chi connectivity index (χ4n) is 1.92. The maximum Gasteiger partial charge on any atom is 0.0944 e. The molecular weight excluding hydrogens is 124 g/mol. The van der Waals surface area contributed by atoms with Gasteiger partial charge in [0.05, 0.1) is 5.82 Å². The normalized spacial score (nSPS) is 38.1. The Labute approximate surface area is 61.9 Å². The van der Waals surface area contributed by atoms with Crippen LogP contribution in [0, 0.1) is 0 Å². The first-order chi connectivity index (χ1) is 4.77. The molecule has 10 heavy (non-hydrogen) atoms. The van der Waals surface area contributed by atoms with Gasteiger partial charge in [0.1, 0.15) is 0 Å². The quantitative estimate of drug-likeness (QED) is 0.535. The SMILES string of the molecule is C=C1N[C@@H]2CC[C@@H](C)N1C2. The number of nitrogens with zero attached hydrogens (tertiary/aromatic N) is 1. The van der Waals surface area contributed by atoms with Crippen molar-refractivity contribution in [2.45, 2.75) is 31.8 Å². The predicted molar refractivity (Wildman–Crippen MR) is 41.5 cm³/mol. The average molecular weight is 138 g/mol. The molecule has 0 saturated carbocycles. The van der Waals surface area contributed by atoms with Gasteiger partial charge in [0.25, 0.3) is 0 Å². The van der Waals surface area contributed by atoms with Crippen LogP contribution in [0.5, 0.6) is 0 Å². The topological polar surface area (TPSA) is 15.3 Å². The zero-order valence-corrected chi connectivity index (χ0v) is 6.43. The summed E-state index contributed by atoms with van der Waals surface area (Å²) in [5.74, 6) is 1.13. The van der Waals surface area contributed by atoms with Gasteiger partial charge in [0.15, 0.2) is 0 Å². The van der Waals surface area contributed by atoms with Gasteiger partial charge < -0.3 is 10.2 Å². The third-order valence-electron chi connectivity index (χ3n) is 2.60. The summed E-state index contributed by atoms with van der Waals surface area (Å²) in [5, 5.41) is 3.38. The monoisotopic (exact) mass is 138 g/mol. The summed E-state index contributed by atoms with van der Waals surface area (Å²) < 4.78 is 0. The van der Waals surface area contributed by atoms with Crippen molar-refractivity contribution in [1.82, 2.24) is 10.2 Å². The van der Waals surface area contributed by atoms with E-state index in [0.717, 1.165) is 5.82 Å². The molecule has 56 valence electrons. The number of nitrogens with one attached hydrogen (secondary N) is 1. The van der Waals surface area contributed by atoms with E-state index in [-0.39, 0.29) is 0 Å². The molecule has 0 aromatic carbocycles. The number of hydrogen-bond donors (Lipinski definition) is 1. The Morgan fingerprint density at radius 2 is 2.40 bits per heavy atom. The highest BCUT2D eigenvalue weighted by Crippen LogP contribution is 2.25. The summed E-state index contributed by atoms with van der Waals surface area (Å²) in [5.41, 5.74) is 0. The summed E-state index contributed by atoms with van der Waals surface area (Å²) in [6, 6.07) is 1.41. The van der Waals surface area contributed by atoms with Gasteiger partial charge >= 0.3 is 0 Å². The summed E-state index contributed by atoms with van der Waals surface area (Å²) >= 11 is 0. The van der Waals surface area contributed by atoms with Crippen LogP contribution in [0.4, 0.5) is 0 Å². The van der Waals surface area contributed by atoms with Gasteiger partial charge in [0, 0.05) is 18.6 Å². The molecule has 0 spiro atoms. The fourth-order valence-corrected chi connectivity index (χ4v) is 1.92. The van der Waals surface area contributed by atoms with E-state index < -0.39 is 0 Å². The smallest absolute Gasteiger partial charge is 0.0944 e. The minimum atomic E-state index is 0.698. The van der Waals surface area contributed by atoms with Crippen molar-refractivity contribution in [3.63, 3.8) is 0 Å². The van der Waals surface area contributed by atoms with Crippen molar-refractivity contribution in [1.29, 1.82) is 0 Å². The largest absolute Gasteiger partial charge is 0.368 e. The highest BCUT2D eigenvalue weighted by molar-refractivity contribution is 5.07. The number of hydrogen-bond acceptors (Lipinski definition) is 2. The van der Waals surface area contributed by atoms with Gasteiger partial charge in [-0.25, -0.2) is 0 Å². The second-order valence-corrected chi connectivity index (χ2v) is 3.37. The first-order valence-corrected chi connectivity index (χ1v) is 3.99. The van der Waals surface area contributed by atoms with Crippen molar-refractivity contribution in [3.8, 4) is 0 Å². The summed E-state index contributed by atoms with van der Waals surface area (Å²) in [6.45, 7) is 7.41. The zero-order chi connectivity index (χ0) is 7.14. The van der Waals surface area contributed by atoms with Crippen LogP contribution in [0.1, 0.15) is 19.8 Å². The van der Waals surface area contributed by atoms with Gasteiger partial charge in [-0.05, 0) is 19.8 Å². The highest BCUT2D eigenvalue weighted by Gasteiger charge is 2.32. The van der Waals surface area contributed by atoms with Crippen molar-refractivity contribution in [2.24, 2.45) is 0 Å². The highest BCUT2D eigenvalue weighted by atomic mass is 15.3. The van der Waals surface area contributed by atoms with Crippen LogP contribution in [-0.4, -0.2) is 23.5 Å². The molecule has 0 unspecified atom stereocenters. The molecule has 2 aliphatic heterocycles. The van der Waals surface area contributed by atoms with Crippen LogP contribution in [0.3, 0.4) is 0 Å². The van der Waals surface area contributed by atoms with Gasteiger partial charge in [-0.3, -0.25) is 0 Å². The third-order valence-corrected chi connectivity index (χ3v) is 2.60. The van der Waals surface area contributed by atoms with Crippen molar-refractivity contribution < 1.29 is 0 Å². The molecule has 0 aromatic heterocycles. The summed E-state index contributed by atoms with van der Waals surface area (Å²) in [4.78, 5) is 2.37. The van der Waals surface area contributed by atoms with E-state index in [1.165, 1.54) is 19.4 Å². The molecule has 2 nitrogen and oxygen atoms in total. The molecular formula is C8H14N2. The van der Waals surface area contributed by atoms with Crippen LogP contribution in [0.2, 0.25) is 0 Å². The summed E-state index contributed by atoms with van der Waals surface area (Å²) in [7, 11) is 0. The standard InChI is InChI=1S/C8H14N2/c1-6-3-4-8-5-10(6)7(2)9-8/h6,8-9H,2-5H2,1H3/t6-,8-/m1/s1. The molecule has 1 N–H and O–H groups in total. The van der Waals surface area contributed by atoms with E-state index in [9.17, 15) is 0 Å². The molecule has 2 heterocycles. The maximum absolute atomic E-state index is 3.96. The first kappa shape index (κ1) is 6.08. The third kappa shape index (κ3) is 0.713. The predicted octanol–water partition coefficient (Wildman–Crippen LogP) is 0.914. The fraction of sp³-hybridized carbons (Fsp3) is 0.750. The zero-order valence-electron chi connectivity index (χ0n) is 6.43. The lowest BCUT2D eigenvalue weighted by Crippen LogP contribution is -2.35. The van der Waals surface area contributed by atoms with Gasteiger partial charge in [-0.15, -0.1) is 0 Å². The number of fused-ring (bicyclic) bond motifs is 2. The second-order valence-electron chi connectivity index (χ2n) is 3.37. The van der Waals surface area contributed by atoms with E-state index in [2.05, 4.69) is 23.7 Å². The van der Waals surface area contributed by atoms with Gasteiger partial charge in [-0.1, -0.05) is 6.58 Å².